The van der Waals surface area contributed by atoms with Crippen molar-refractivity contribution >= 4 is 21.0 Å². The third-order valence-electron chi connectivity index (χ3n) is 2.43. The van der Waals surface area contributed by atoms with Crippen molar-refractivity contribution < 1.29 is 18.0 Å². The van der Waals surface area contributed by atoms with Gasteiger partial charge in [-0.2, -0.15) is 0 Å². The van der Waals surface area contributed by atoms with Gasteiger partial charge in [0.15, 0.2) is 12.4 Å². The fraction of sp³-hybridized carbons (Fsp3) is 0. The number of H-pyrrole nitrogens is 2. The average Bonchev–Trinajstić information content (AvgIpc) is 2.85. The van der Waals surface area contributed by atoms with E-state index in [1.807, 2.05) is 30.6 Å². The molecule has 0 aliphatic heterocycles. The lowest BCUT2D eigenvalue weighted by Gasteiger charge is -2.03. The molecule has 6 heteroatoms. The van der Waals surface area contributed by atoms with Gasteiger partial charge >= 0.3 is 0 Å². The number of nitrogens with one attached hydrogen (secondary N) is 2. The molecule has 0 spiro atoms. The molecule has 5 nitrogen and oxygen atoms in total. The molecule has 0 saturated heterocycles. The molecule has 98 valence electrons. The number of hydrogen-bond donors (Lipinski definition) is 1. The lowest BCUT2D eigenvalue weighted by atomic mass is 10.2. The van der Waals surface area contributed by atoms with Crippen molar-refractivity contribution in [2.24, 2.45) is 0 Å². The second kappa shape index (κ2) is 5.64. The molecule has 1 aromatic carbocycles. The van der Waals surface area contributed by atoms with Gasteiger partial charge in [-0.3, -0.25) is 0 Å². The van der Waals surface area contributed by atoms with Crippen LogP contribution < -0.4 is 4.98 Å². The van der Waals surface area contributed by atoms with Gasteiger partial charge in [-0.05, 0) is 6.07 Å². The fourth-order valence-electron chi connectivity index (χ4n) is 1.59. The number of hydrogen-bond acceptors (Lipinski definition) is 3. The van der Waals surface area contributed by atoms with Crippen LogP contribution >= 0.6 is 0 Å². The molecule has 0 radical (unpaired) electrons. The van der Waals surface area contributed by atoms with Crippen LogP contribution in [0, 0.1) is 0 Å². The molecule has 2 N–H and O–H groups in total. The lowest BCUT2D eigenvalue weighted by molar-refractivity contribution is -0.377. The van der Waals surface area contributed by atoms with Crippen LogP contribution in [0.3, 0.4) is 0 Å². The van der Waals surface area contributed by atoms with Crippen molar-refractivity contribution in [2.45, 2.75) is 4.90 Å². The summed E-state index contributed by atoms with van der Waals surface area (Å²) in [4.78, 5) is 5.42. The van der Waals surface area contributed by atoms with Crippen molar-refractivity contribution in [1.82, 2.24) is 4.98 Å². The Balaban J connectivity index is 0.000000186. The van der Waals surface area contributed by atoms with Gasteiger partial charge in [0.05, 0.1) is 4.90 Å². The molecule has 3 rings (SSSR count). The minimum Gasteiger partial charge on any atom is -0.744 e. The number of aromatic nitrogens is 2. The number of rotatable bonds is 1. The molecule has 0 aliphatic carbocycles. The van der Waals surface area contributed by atoms with Crippen molar-refractivity contribution in [3.05, 3.63) is 61.1 Å². The Labute approximate surface area is 110 Å². The van der Waals surface area contributed by atoms with Crippen molar-refractivity contribution in [3.63, 3.8) is 0 Å². The predicted octanol–water partition coefficient (Wildman–Crippen LogP) is 1.57. The van der Waals surface area contributed by atoms with Crippen molar-refractivity contribution in [1.29, 1.82) is 0 Å². The van der Waals surface area contributed by atoms with Gasteiger partial charge in [0.2, 0.25) is 0 Å². The largest absolute Gasteiger partial charge is 0.744 e. The third kappa shape index (κ3) is 3.40. The molecule has 0 bridgehead atoms. The van der Waals surface area contributed by atoms with E-state index in [4.69, 9.17) is 0 Å². The van der Waals surface area contributed by atoms with E-state index < -0.39 is 10.1 Å². The zero-order chi connectivity index (χ0) is 13.7. The van der Waals surface area contributed by atoms with E-state index >= 15 is 0 Å². The van der Waals surface area contributed by atoms with E-state index in [1.165, 1.54) is 6.20 Å². The van der Waals surface area contributed by atoms with Gasteiger partial charge in [-0.1, -0.05) is 24.3 Å². The Kier molecular flexibility index (Phi) is 3.94. The average molecular weight is 276 g/mol. The Bertz CT molecular complexity index is 725. The second-order valence-electron chi connectivity index (χ2n) is 3.73. The number of benzene rings is 1. The summed E-state index contributed by atoms with van der Waals surface area (Å²) in [7, 11) is -4.37. The molecule has 3 aromatic rings. The monoisotopic (exact) mass is 276 g/mol. The van der Waals surface area contributed by atoms with Gasteiger partial charge < -0.3 is 9.54 Å². The van der Waals surface area contributed by atoms with Crippen LogP contribution in [0.25, 0.3) is 10.9 Å². The van der Waals surface area contributed by atoms with E-state index in [0.717, 1.165) is 0 Å². The van der Waals surface area contributed by atoms with E-state index in [0.29, 0.717) is 10.9 Å². The molecule has 19 heavy (non-hydrogen) atoms. The maximum absolute atomic E-state index is 10.7. The number of para-hydroxylation sites is 1. The van der Waals surface area contributed by atoms with Gasteiger partial charge in [-0.15, -0.1) is 0 Å². The summed E-state index contributed by atoms with van der Waals surface area (Å²) in [6, 6.07) is 12.6. The first kappa shape index (κ1) is 13.3. The quantitative estimate of drug-likeness (QED) is 0.684. The minimum atomic E-state index is -4.37. The highest BCUT2D eigenvalue weighted by Crippen LogP contribution is 2.21. The number of aromatic amines is 2. The maximum atomic E-state index is 10.7. The number of fused-ring (bicyclic) bond motifs is 1. The fourth-order valence-corrected chi connectivity index (χ4v) is 2.24. The normalized spacial score (nSPS) is 10.8. The van der Waals surface area contributed by atoms with Crippen LogP contribution in [0.15, 0.2) is 66.0 Å². The second-order valence-corrected chi connectivity index (χ2v) is 5.08. The van der Waals surface area contributed by atoms with Crippen LogP contribution in [-0.2, 0) is 10.1 Å². The zero-order valence-corrected chi connectivity index (χ0v) is 10.7. The first-order valence-corrected chi connectivity index (χ1v) is 6.93. The van der Waals surface area contributed by atoms with E-state index in [2.05, 4.69) is 9.97 Å². The molecule has 0 unspecified atom stereocenters. The highest BCUT2D eigenvalue weighted by Gasteiger charge is 2.07. The molecule has 0 saturated carbocycles. The van der Waals surface area contributed by atoms with Crippen LogP contribution in [0.1, 0.15) is 0 Å². The summed E-state index contributed by atoms with van der Waals surface area (Å²) >= 11 is 0. The van der Waals surface area contributed by atoms with Gasteiger partial charge in [0.25, 0.3) is 0 Å². The summed E-state index contributed by atoms with van der Waals surface area (Å²) in [5.41, 5.74) is 0.650. The minimum absolute atomic E-state index is 0.192. The first-order chi connectivity index (χ1) is 9.09. The van der Waals surface area contributed by atoms with Crippen LogP contribution in [0.4, 0.5) is 0 Å². The van der Waals surface area contributed by atoms with Crippen LogP contribution in [-0.4, -0.2) is 18.0 Å². The molecule has 0 aliphatic rings. The van der Waals surface area contributed by atoms with Gasteiger partial charge in [0, 0.05) is 29.2 Å². The van der Waals surface area contributed by atoms with Gasteiger partial charge in [-0.25, -0.2) is 13.4 Å². The SMILES string of the molecule is O=S(=O)([O-])c1c[nH]c2ccccc12.c1cc[nH+]cc1. The van der Waals surface area contributed by atoms with Crippen molar-refractivity contribution in [2.75, 3.05) is 0 Å². The zero-order valence-electron chi connectivity index (χ0n) is 9.91. The molecule has 0 amide bonds. The van der Waals surface area contributed by atoms with Crippen LogP contribution in [0.2, 0.25) is 0 Å². The molecular weight excluding hydrogens is 264 g/mol. The van der Waals surface area contributed by atoms with Gasteiger partial charge in [0.1, 0.15) is 10.1 Å². The van der Waals surface area contributed by atoms with E-state index in [9.17, 15) is 13.0 Å². The van der Waals surface area contributed by atoms with E-state index in [1.54, 1.807) is 24.3 Å². The third-order valence-corrected chi connectivity index (χ3v) is 3.30. The predicted molar refractivity (Wildman–Crippen MR) is 69.3 cm³/mol. The topological polar surface area (TPSA) is 87.1 Å². The number of pyridine rings is 1. The molecule has 0 atom stereocenters. The molecular formula is C13H12N2O3S. The van der Waals surface area contributed by atoms with E-state index in [-0.39, 0.29) is 4.90 Å². The summed E-state index contributed by atoms with van der Waals surface area (Å²) in [6.45, 7) is 0. The Morgan fingerprint density at radius 3 is 2.21 bits per heavy atom. The first-order valence-electron chi connectivity index (χ1n) is 5.52. The smallest absolute Gasteiger partial charge is 0.166 e. The Morgan fingerprint density at radius 1 is 1.00 bits per heavy atom. The lowest BCUT2D eigenvalue weighted by Crippen LogP contribution is -1.96. The molecule has 2 heterocycles. The molecule has 2 aromatic heterocycles. The summed E-state index contributed by atoms with van der Waals surface area (Å²) in [5.74, 6) is 0. The van der Waals surface area contributed by atoms with Crippen molar-refractivity contribution in [3.8, 4) is 0 Å². The highest BCUT2D eigenvalue weighted by molar-refractivity contribution is 7.86. The summed E-state index contributed by atoms with van der Waals surface area (Å²) in [6.07, 6.45) is 4.97. The standard InChI is InChI=1S/C8H7NO3S.C5H5N/c10-13(11,12)8-5-9-7-4-2-1-3-6(7)8;1-2-4-6-5-3-1/h1-5,9H,(H,10,11,12);1-5H. The summed E-state index contributed by atoms with van der Waals surface area (Å²) < 4.78 is 32.2. The highest BCUT2D eigenvalue weighted by atomic mass is 32.2. The molecule has 0 fully saturated rings. The maximum Gasteiger partial charge on any atom is 0.166 e. The summed E-state index contributed by atoms with van der Waals surface area (Å²) in [5, 5.41) is 0.442. The Morgan fingerprint density at radius 2 is 1.68 bits per heavy atom. The Hall–Kier alpha value is -2.18. The van der Waals surface area contributed by atoms with Crippen LogP contribution in [0.5, 0.6) is 0 Å².